The molecule has 1 aromatic heterocycles. The fourth-order valence-electron chi connectivity index (χ4n) is 1.42. The van der Waals surface area contributed by atoms with Crippen molar-refractivity contribution < 1.29 is 9.13 Å². The van der Waals surface area contributed by atoms with Gasteiger partial charge >= 0.3 is 0 Å². The van der Waals surface area contributed by atoms with Crippen LogP contribution >= 0.6 is 0 Å². The molecule has 2 rings (SSSR count). The van der Waals surface area contributed by atoms with Crippen LogP contribution in [-0.4, -0.2) is 17.1 Å². The van der Waals surface area contributed by atoms with Crippen molar-refractivity contribution in [3.8, 4) is 17.0 Å². The largest absolute Gasteiger partial charge is 0.496 e. The highest BCUT2D eigenvalue weighted by Gasteiger charge is 2.12. The molecule has 0 saturated carbocycles. The van der Waals surface area contributed by atoms with Gasteiger partial charge in [-0.05, 0) is 12.1 Å². The molecular weight excluding hydrogens is 207 g/mol. The Morgan fingerprint density at radius 2 is 2.12 bits per heavy atom. The van der Waals surface area contributed by atoms with Crippen molar-refractivity contribution in [3.05, 3.63) is 49.0 Å². The molecule has 0 bridgehead atoms. The van der Waals surface area contributed by atoms with E-state index in [1.54, 1.807) is 12.1 Å². The number of hydrogen-bond acceptors (Lipinski definition) is 3. The minimum Gasteiger partial charge on any atom is -0.496 e. The van der Waals surface area contributed by atoms with Crippen molar-refractivity contribution >= 4 is 0 Å². The van der Waals surface area contributed by atoms with Crippen LogP contribution in [0.3, 0.4) is 0 Å². The van der Waals surface area contributed by atoms with Crippen molar-refractivity contribution in [1.29, 1.82) is 0 Å². The average molecular weight is 216 g/mol. The van der Waals surface area contributed by atoms with Crippen LogP contribution in [0.1, 0.15) is 5.69 Å². The second-order valence-corrected chi connectivity index (χ2v) is 3.15. The lowest BCUT2D eigenvalue weighted by Gasteiger charge is -2.08. The highest BCUT2D eigenvalue weighted by atomic mass is 19.1. The molecule has 16 heavy (non-hydrogen) atoms. The maximum Gasteiger partial charge on any atom is 0.136 e. The van der Waals surface area contributed by atoms with E-state index in [4.69, 9.17) is 11.7 Å². The van der Waals surface area contributed by atoms with E-state index in [1.807, 2.05) is 0 Å². The Hall–Kier alpha value is -1.97. The number of halogens is 1. The summed E-state index contributed by atoms with van der Waals surface area (Å²) in [4.78, 5) is 7.88. The third-order valence-corrected chi connectivity index (χ3v) is 2.10. The second-order valence-electron chi connectivity index (χ2n) is 3.15. The van der Waals surface area contributed by atoms with Crippen LogP contribution < -0.4 is 4.74 Å². The summed E-state index contributed by atoms with van der Waals surface area (Å²) < 4.78 is 18.7. The van der Waals surface area contributed by atoms with Crippen molar-refractivity contribution in [2.45, 2.75) is 0 Å². The highest BCUT2D eigenvalue weighted by Crippen LogP contribution is 2.30. The minimum atomic E-state index is -0.417. The van der Waals surface area contributed by atoms with Crippen molar-refractivity contribution in [1.82, 2.24) is 9.97 Å². The molecule has 0 spiro atoms. The van der Waals surface area contributed by atoms with Gasteiger partial charge in [-0.1, -0.05) is 6.07 Å². The first-order chi connectivity index (χ1) is 7.72. The summed E-state index contributed by atoms with van der Waals surface area (Å²) in [5.74, 6) is -0.0147. The molecule has 0 atom stereocenters. The lowest BCUT2D eigenvalue weighted by molar-refractivity contribution is 0.413. The van der Waals surface area contributed by atoms with Gasteiger partial charge in [-0.15, -0.1) is 0 Å². The number of aromatic nitrogens is 2. The van der Waals surface area contributed by atoms with Gasteiger partial charge in [0.05, 0.1) is 30.3 Å². The molecule has 0 fully saturated rings. The Kier molecular flexibility index (Phi) is 2.81. The first-order valence-corrected chi connectivity index (χ1v) is 4.63. The van der Waals surface area contributed by atoms with Gasteiger partial charge in [-0.2, -0.15) is 0 Å². The fourth-order valence-corrected chi connectivity index (χ4v) is 1.42. The molecule has 0 amide bonds. The zero-order chi connectivity index (χ0) is 11.5. The number of nitrogens with zero attached hydrogens (tertiary/aromatic N) is 2. The van der Waals surface area contributed by atoms with Crippen LogP contribution in [0.4, 0.5) is 4.39 Å². The van der Waals surface area contributed by atoms with E-state index in [1.165, 1.54) is 25.6 Å². The Labute approximate surface area is 92.9 Å². The van der Waals surface area contributed by atoms with Gasteiger partial charge in [0.15, 0.2) is 0 Å². The van der Waals surface area contributed by atoms with Gasteiger partial charge in [0.25, 0.3) is 0 Å². The molecule has 3 nitrogen and oxygen atoms in total. The molecule has 0 N–H and O–H groups in total. The zero-order valence-corrected chi connectivity index (χ0v) is 8.64. The summed E-state index contributed by atoms with van der Waals surface area (Å²) in [5.41, 5.74) is 0.863. The molecule has 2 radical (unpaired) electrons. The summed E-state index contributed by atoms with van der Waals surface area (Å²) in [5, 5.41) is 0. The third-order valence-electron chi connectivity index (χ3n) is 2.10. The van der Waals surface area contributed by atoms with Gasteiger partial charge in [-0.25, -0.2) is 9.37 Å². The number of methoxy groups -OCH3 is 1. The monoisotopic (exact) mass is 216 g/mol. The summed E-state index contributed by atoms with van der Waals surface area (Å²) in [6.45, 7) is 5.50. The molecule has 4 heteroatoms. The van der Waals surface area contributed by atoms with Crippen LogP contribution in [0.5, 0.6) is 5.75 Å². The van der Waals surface area contributed by atoms with Crippen LogP contribution in [0, 0.1) is 12.7 Å². The van der Waals surface area contributed by atoms with E-state index in [2.05, 4.69) is 9.97 Å². The van der Waals surface area contributed by atoms with Crippen molar-refractivity contribution in [2.24, 2.45) is 0 Å². The van der Waals surface area contributed by atoms with Gasteiger partial charge in [-0.3, -0.25) is 4.98 Å². The first kappa shape index (κ1) is 10.5. The Balaban J connectivity index is 2.63. The lowest BCUT2D eigenvalue weighted by Crippen LogP contribution is -1.95. The maximum atomic E-state index is 13.7. The van der Waals surface area contributed by atoms with Crippen LogP contribution in [0.25, 0.3) is 11.3 Å². The summed E-state index contributed by atoms with van der Waals surface area (Å²) in [7, 11) is 1.47. The third kappa shape index (κ3) is 1.86. The molecule has 0 aliphatic rings. The Morgan fingerprint density at radius 3 is 2.81 bits per heavy atom. The fraction of sp³-hybridized carbons (Fsp3) is 0.0833. The van der Waals surface area contributed by atoms with Gasteiger partial charge in [0, 0.05) is 13.1 Å². The highest BCUT2D eigenvalue weighted by molar-refractivity contribution is 5.67. The molecule has 0 saturated heterocycles. The Bertz CT molecular complexity index is 514. The number of benzene rings is 1. The molecule has 1 heterocycles. The van der Waals surface area contributed by atoms with Crippen molar-refractivity contribution in [2.75, 3.05) is 7.11 Å². The predicted octanol–water partition coefficient (Wildman–Crippen LogP) is 2.35. The average Bonchev–Trinajstić information content (AvgIpc) is 2.28. The summed E-state index contributed by atoms with van der Waals surface area (Å²) >= 11 is 0. The van der Waals surface area contributed by atoms with Crippen LogP contribution in [0.15, 0.2) is 30.6 Å². The van der Waals surface area contributed by atoms with E-state index in [9.17, 15) is 4.39 Å². The molecule has 80 valence electrons. The van der Waals surface area contributed by atoms with E-state index in [0.29, 0.717) is 11.4 Å². The number of hydrogen-bond donors (Lipinski definition) is 0. The zero-order valence-electron chi connectivity index (χ0n) is 8.64. The van der Waals surface area contributed by atoms with E-state index < -0.39 is 5.82 Å². The molecule has 0 unspecified atom stereocenters. The maximum absolute atomic E-state index is 13.7. The van der Waals surface area contributed by atoms with Gasteiger partial charge in [0.2, 0.25) is 0 Å². The molecule has 0 aliphatic carbocycles. The normalized spacial score (nSPS) is 10.2. The summed E-state index contributed by atoms with van der Waals surface area (Å²) in [6, 6.07) is 4.56. The second kappa shape index (κ2) is 4.26. The van der Waals surface area contributed by atoms with Crippen LogP contribution in [0.2, 0.25) is 0 Å². The quantitative estimate of drug-likeness (QED) is 0.772. The summed E-state index contributed by atoms with van der Waals surface area (Å²) in [6.07, 6.45) is 2.84. The van der Waals surface area contributed by atoms with Crippen LogP contribution in [-0.2, 0) is 0 Å². The Morgan fingerprint density at radius 1 is 1.31 bits per heavy atom. The van der Waals surface area contributed by atoms with E-state index in [-0.39, 0.29) is 11.3 Å². The van der Waals surface area contributed by atoms with Crippen molar-refractivity contribution in [3.63, 3.8) is 0 Å². The molecule has 1 aromatic carbocycles. The number of ether oxygens (including phenoxy) is 1. The number of rotatable bonds is 2. The van der Waals surface area contributed by atoms with Gasteiger partial charge < -0.3 is 4.74 Å². The molecular formula is C12H9FN2O. The smallest absolute Gasteiger partial charge is 0.136 e. The minimum absolute atomic E-state index is 0.239. The molecule has 2 aromatic rings. The first-order valence-electron chi connectivity index (χ1n) is 4.63. The van der Waals surface area contributed by atoms with E-state index >= 15 is 0 Å². The topological polar surface area (TPSA) is 35.0 Å². The SMILES string of the molecule is [CH]c1cncc(-c2c(F)cccc2OC)n1. The van der Waals surface area contributed by atoms with Gasteiger partial charge in [0.1, 0.15) is 11.6 Å². The lowest BCUT2D eigenvalue weighted by atomic mass is 10.1. The van der Waals surface area contributed by atoms with E-state index in [0.717, 1.165) is 0 Å². The standard InChI is InChI=1S/C12H9FN2O/c1-8-6-14-7-10(15-8)12-9(13)4-3-5-11(12)16-2/h1,3-7H,2H3. The predicted molar refractivity (Wildman–Crippen MR) is 57.4 cm³/mol. The molecule has 0 aliphatic heterocycles.